The van der Waals surface area contributed by atoms with Gasteiger partial charge in [-0.3, -0.25) is 4.79 Å². The van der Waals surface area contributed by atoms with E-state index in [9.17, 15) is 4.79 Å². The van der Waals surface area contributed by atoms with Crippen LogP contribution in [0.1, 0.15) is 83.3 Å². The number of carbonyl (C=O) groups is 1. The van der Waals surface area contributed by atoms with Crippen LogP contribution in [0, 0.1) is 20.8 Å². The lowest BCUT2D eigenvalue weighted by Crippen LogP contribution is -2.31. The molecule has 1 N–H and O–H groups in total. The third-order valence-electron chi connectivity index (χ3n) is 6.86. The molecule has 166 valence electrons. The molecule has 3 heteroatoms. The maximum absolute atomic E-state index is 13.0. The van der Waals surface area contributed by atoms with Crippen molar-refractivity contribution in [1.29, 1.82) is 0 Å². The molecule has 1 aliphatic rings. The quantitative estimate of drug-likeness (QED) is 0.475. The summed E-state index contributed by atoms with van der Waals surface area (Å²) < 4.78 is 6.56. The molecule has 1 atom stereocenters. The summed E-state index contributed by atoms with van der Waals surface area (Å²) in [6.45, 7) is 15.0. The number of nitrogens with one attached hydrogen (secondary N) is 1. The smallest absolute Gasteiger partial charge is 0.255 e. The molecule has 1 heterocycles. The van der Waals surface area contributed by atoms with Crippen molar-refractivity contribution in [3.05, 3.63) is 93.5 Å². The first-order valence-electron chi connectivity index (χ1n) is 11.4. The Morgan fingerprint density at radius 1 is 0.906 bits per heavy atom. The number of fused-ring (bicyclic) bond motifs is 1. The number of rotatable bonds is 4. The van der Waals surface area contributed by atoms with Gasteiger partial charge in [0.25, 0.3) is 5.91 Å². The minimum atomic E-state index is -0.383. The third kappa shape index (κ3) is 3.70. The molecule has 3 aromatic carbocycles. The van der Waals surface area contributed by atoms with Crippen LogP contribution in [0.25, 0.3) is 0 Å². The highest BCUT2D eigenvalue weighted by atomic mass is 16.5. The van der Waals surface area contributed by atoms with Gasteiger partial charge in [0.05, 0.1) is 5.92 Å². The Labute approximate surface area is 191 Å². The summed E-state index contributed by atoms with van der Waals surface area (Å²) in [7, 11) is 0. The summed E-state index contributed by atoms with van der Waals surface area (Å²) in [5.74, 6) is 1.45. The lowest BCUT2D eigenvalue weighted by molar-refractivity contribution is 0.102. The van der Waals surface area contributed by atoms with E-state index in [1.807, 2.05) is 30.3 Å². The van der Waals surface area contributed by atoms with E-state index in [4.69, 9.17) is 4.74 Å². The fraction of sp³-hybridized carbons (Fsp3) is 0.345. The highest BCUT2D eigenvalue weighted by molar-refractivity contribution is 6.05. The first kappa shape index (κ1) is 22.1. The van der Waals surface area contributed by atoms with Crippen molar-refractivity contribution in [2.45, 2.75) is 65.9 Å². The second kappa shape index (κ2) is 8.12. The third-order valence-corrected chi connectivity index (χ3v) is 6.86. The average molecular weight is 428 g/mol. The van der Waals surface area contributed by atoms with Crippen LogP contribution < -0.4 is 10.1 Å². The zero-order valence-corrected chi connectivity index (χ0v) is 20.2. The van der Waals surface area contributed by atoms with E-state index in [2.05, 4.69) is 78.0 Å². The number of anilines is 1. The van der Waals surface area contributed by atoms with E-state index < -0.39 is 0 Å². The van der Waals surface area contributed by atoms with Crippen LogP contribution in [0.2, 0.25) is 0 Å². The largest absolute Gasteiger partial charge is 0.486 e. The number of hydrogen-bond acceptors (Lipinski definition) is 2. The van der Waals surface area contributed by atoms with Crippen molar-refractivity contribution >= 4 is 11.6 Å². The summed E-state index contributed by atoms with van der Waals surface area (Å²) in [6.07, 6.45) is 0. The van der Waals surface area contributed by atoms with Crippen LogP contribution in [0.3, 0.4) is 0 Å². The molecule has 0 aliphatic carbocycles. The van der Waals surface area contributed by atoms with Crippen molar-refractivity contribution < 1.29 is 9.53 Å². The molecule has 1 amide bonds. The summed E-state index contributed by atoms with van der Waals surface area (Å²) in [4.78, 5) is 13.0. The molecule has 1 aliphatic heterocycles. The number of amides is 1. The molecular formula is C29H33NO2. The average Bonchev–Trinajstić information content (AvgIpc) is 3.07. The first-order valence-corrected chi connectivity index (χ1v) is 11.4. The Balaban J connectivity index is 1.82. The molecule has 3 aromatic rings. The van der Waals surface area contributed by atoms with Gasteiger partial charge in [-0.05, 0) is 80.5 Å². The van der Waals surface area contributed by atoms with Crippen LogP contribution in [-0.4, -0.2) is 11.5 Å². The van der Waals surface area contributed by atoms with Crippen LogP contribution in [0.4, 0.5) is 5.69 Å². The second-order valence-corrected chi connectivity index (χ2v) is 9.77. The van der Waals surface area contributed by atoms with Gasteiger partial charge in [0, 0.05) is 16.8 Å². The molecule has 3 nitrogen and oxygen atoms in total. The highest BCUT2D eigenvalue weighted by Crippen LogP contribution is 2.53. The van der Waals surface area contributed by atoms with Gasteiger partial charge in [-0.25, -0.2) is 0 Å². The fourth-order valence-corrected chi connectivity index (χ4v) is 4.90. The topological polar surface area (TPSA) is 38.3 Å². The molecule has 0 spiro atoms. The van der Waals surface area contributed by atoms with Gasteiger partial charge in [0.15, 0.2) is 0 Å². The maximum Gasteiger partial charge on any atom is 0.255 e. The van der Waals surface area contributed by atoms with Gasteiger partial charge in [-0.1, -0.05) is 56.3 Å². The number of hydrogen-bond donors (Lipinski definition) is 1. The summed E-state index contributed by atoms with van der Waals surface area (Å²) >= 11 is 0. The minimum absolute atomic E-state index is 0.0883. The minimum Gasteiger partial charge on any atom is -0.486 e. The first-order chi connectivity index (χ1) is 15.1. The fourth-order valence-electron chi connectivity index (χ4n) is 4.90. The Hall–Kier alpha value is -3.07. The number of ether oxygens (including phenoxy) is 1. The van der Waals surface area contributed by atoms with Gasteiger partial charge >= 0.3 is 0 Å². The monoisotopic (exact) mass is 427 g/mol. The molecule has 0 aromatic heterocycles. The van der Waals surface area contributed by atoms with Crippen LogP contribution in [-0.2, 0) is 0 Å². The van der Waals surface area contributed by atoms with E-state index in [-0.39, 0.29) is 17.4 Å². The normalized spacial score (nSPS) is 16.6. The van der Waals surface area contributed by atoms with Crippen molar-refractivity contribution in [2.75, 3.05) is 5.32 Å². The maximum atomic E-state index is 13.0. The molecule has 0 fully saturated rings. The van der Waals surface area contributed by atoms with Gasteiger partial charge in [-0.2, -0.15) is 0 Å². The number of carbonyl (C=O) groups excluding carboxylic acids is 1. The Bertz CT molecular complexity index is 1160. The van der Waals surface area contributed by atoms with Crippen LogP contribution >= 0.6 is 0 Å². The van der Waals surface area contributed by atoms with Crippen molar-refractivity contribution in [2.24, 2.45) is 0 Å². The van der Waals surface area contributed by atoms with Gasteiger partial charge in [-0.15, -0.1) is 0 Å². The standard InChI is InChI=1S/C29H33NO2/c1-17(2)21-13-15-22(16-14-21)25-24-20(5)26(30-28(31)23-11-9-8-10-12-23)18(3)19(4)27(24)32-29(25,6)7/h8-17,25H,1-7H3,(H,30,31). The molecule has 4 rings (SSSR count). The molecule has 0 bridgehead atoms. The SMILES string of the molecule is Cc1c(C)c2c(c(C)c1NC(=O)c1ccccc1)C(c1ccc(C(C)C)cc1)C(C)(C)O2. The Kier molecular flexibility index (Phi) is 5.62. The summed E-state index contributed by atoms with van der Waals surface area (Å²) in [6, 6.07) is 18.3. The Morgan fingerprint density at radius 3 is 2.12 bits per heavy atom. The van der Waals surface area contributed by atoms with E-state index in [1.54, 1.807) is 0 Å². The van der Waals surface area contributed by atoms with Gasteiger partial charge in [0.1, 0.15) is 11.4 Å². The van der Waals surface area contributed by atoms with E-state index >= 15 is 0 Å². The van der Waals surface area contributed by atoms with Crippen molar-refractivity contribution in [1.82, 2.24) is 0 Å². The molecule has 1 unspecified atom stereocenters. The van der Waals surface area contributed by atoms with Crippen LogP contribution in [0.15, 0.2) is 54.6 Å². The van der Waals surface area contributed by atoms with E-state index in [1.165, 1.54) is 16.7 Å². The lowest BCUT2D eigenvalue weighted by Gasteiger charge is -2.27. The second-order valence-electron chi connectivity index (χ2n) is 9.77. The summed E-state index contributed by atoms with van der Waals surface area (Å²) in [5.41, 5.74) is 8.13. The molecule has 0 saturated carbocycles. The van der Waals surface area contributed by atoms with Gasteiger partial charge in [0.2, 0.25) is 0 Å². The highest BCUT2D eigenvalue weighted by Gasteiger charge is 2.45. The van der Waals surface area contributed by atoms with Crippen molar-refractivity contribution in [3.8, 4) is 5.75 Å². The lowest BCUT2D eigenvalue weighted by atomic mass is 9.78. The van der Waals surface area contributed by atoms with E-state index in [0.717, 1.165) is 28.1 Å². The predicted octanol–water partition coefficient (Wildman–Crippen LogP) is 7.29. The summed E-state index contributed by atoms with van der Waals surface area (Å²) in [5, 5.41) is 3.19. The predicted molar refractivity (Wildman–Crippen MR) is 132 cm³/mol. The molecular weight excluding hydrogens is 394 g/mol. The zero-order valence-electron chi connectivity index (χ0n) is 20.2. The van der Waals surface area contributed by atoms with Crippen LogP contribution in [0.5, 0.6) is 5.75 Å². The van der Waals surface area contributed by atoms with Crippen molar-refractivity contribution in [3.63, 3.8) is 0 Å². The zero-order chi connectivity index (χ0) is 23.2. The molecule has 0 saturated heterocycles. The Morgan fingerprint density at radius 2 is 1.53 bits per heavy atom. The molecule has 0 radical (unpaired) electrons. The molecule has 32 heavy (non-hydrogen) atoms. The van der Waals surface area contributed by atoms with Gasteiger partial charge < -0.3 is 10.1 Å². The van der Waals surface area contributed by atoms with E-state index in [0.29, 0.717) is 11.5 Å². The number of benzene rings is 3.